The van der Waals surface area contributed by atoms with Gasteiger partial charge in [0.15, 0.2) is 0 Å². The second-order valence-electron chi connectivity index (χ2n) is 3.16. The second-order valence-corrected chi connectivity index (χ2v) is 4.80. The summed E-state index contributed by atoms with van der Waals surface area (Å²) in [6.07, 6.45) is 0. The Morgan fingerprint density at radius 1 is 1.50 bits per heavy atom. The van der Waals surface area contributed by atoms with E-state index in [1.165, 1.54) is 12.1 Å². The Hall–Kier alpha value is -1.44. The van der Waals surface area contributed by atoms with Crippen LogP contribution in [-0.2, 0) is 19.7 Å². The van der Waals surface area contributed by atoms with Gasteiger partial charge in [0.1, 0.15) is 6.61 Å². The van der Waals surface area contributed by atoms with E-state index in [2.05, 4.69) is 4.84 Å². The van der Waals surface area contributed by atoms with Crippen LogP contribution >= 0.6 is 0 Å². The molecule has 16 heavy (non-hydrogen) atoms. The third-order valence-corrected chi connectivity index (χ3v) is 2.89. The molecule has 88 valence electrons. The summed E-state index contributed by atoms with van der Waals surface area (Å²) in [4.78, 5) is 16.7. The third-order valence-electron chi connectivity index (χ3n) is 1.68. The smallest absolute Gasteiger partial charge is 0.262 e. The fourth-order valence-corrected chi connectivity index (χ4v) is 1.92. The van der Waals surface area contributed by atoms with Gasteiger partial charge in [-0.3, -0.25) is 9.63 Å². The molecule has 0 aliphatic heterocycles. The van der Waals surface area contributed by atoms with Crippen LogP contribution in [0.15, 0.2) is 29.2 Å². The van der Waals surface area contributed by atoms with E-state index < -0.39 is 22.5 Å². The Morgan fingerprint density at radius 3 is 2.75 bits per heavy atom. The lowest BCUT2D eigenvalue weighted by atomic mass is 10.2. The van der Waals surface area contributed by atoms with Crippen molar-refractivity contribution in [2.45, 2.75) is 11.8 Å². The van der Waals surface area contributed by atoms with E-state index in [-0.39, 0.29) is 4.90 Å². The molecule has 0 heterocycles. The van der Waals surface area contributed by atoms with Crippen LogP contribution in [0.1, 0.15) is 5.56 Å². The van der Waals surface area contributed by atoms with E-state index >= 15 is 0 Å². The Balaban J connectivity index is 2.74. The number of aryl methyl sites for hydroxylation is 1. The zero-order valence-electron chi connectivity index (χ0n) is 8.64. The van der Waals surface area contributed by atoms with E-state index in [9.17, 15) is 13.2 Å². The molecule has 0 aromatic heterocycles. The highest BCUT2D eigenvalue weighted by Crippen LogP contribution is 2.10. The Bertz CT molecular complexity index is 484. The number of amides is 1. The largest absolute Gasteiger partial charge is 0.368 e. The van der Waals surface area contributed by atoms with E-state index in [1.807, 2.05) is 0 Å². The maximum atomic E-state index is 11.6. The number of carbonyl (C=O) groups excluding carboxylic acids is 1. The number of hydrogen-bond acceptors (Lipinski definition) is 4. The Morgan fingerprint density at radius 2 is 2.19 bits per heavy atom. The fraction of sp³-hybridized carbons (Fsp3) is 0.222. The standard InChI is InChI=1S/C9H12N2O4S/c1-7-3-2-4-8(5-7)16(13,14)11-15-6-9(10)12/h2-5,11H,6H2,1H3,(H2,10,12). The molecular weight excluding hydrogens is 232 g/mol. The molecule has 0 radical (unpaired) electrons. The van der Waals surface area contributed by atoms with Crippen molar-refractivity contribution in [2.75, 3.05) is 6.61 Å². The highest BCUT2D eigenvalue weighted by atomic mass is 32.2. The van der Waals surface area contributed by atoms with E-state index in [4.69, 9.17) is 5.73 Å². The molecule has 0 aliphatic carbocycles. The Labute approximate surface area is 93.4 Å². The second kappa shape index (κ2) is 5.06. The molecule has 1 aromatic rings. The van der Waals surface area contributed by atoms with Gasteiger partial charge in [-0.15, -0.1) is 0 Å². The van der Waals surface area contributed by atoms with Crippen molar-refractivity contribution < 1.29 is 18.0 Å². The normalized spacial score (nSPS) is 11.3. The van der Waals surface area contributed by atoms with Crippen LogP contribution in [0, 0.1) is 6.92 Å². The molecule has 0 fully saturated rings. The van der Waals surface area contributed by atoms with Crippen molar-refractivity contribution in [1.82, 2.24) is 4.89 Å². The predicted molar refractivity (Wildman–Crippen MR) is 56.6 cm³/mol. The van der Waals surface area contributed by atoms with Crippen LogP contribution < -0.4 is 10.6 Å². The van der Waals surface area contributed by atoms with Crippen LogP contribution in [-0.4, -0.2) is 20.9 Å². The van der Waals surface area contributed by atoms with Gasteiger partial charge in [0, 0.05) is 0 Å². The van der Waals surface area contributed by atoms with Crippen molar-refractivity contribution in [1.29, 1.82) is 0 Å². The first-order valence-corrected chi connectivity index (χ1v) is 5.89. The highest BCUT2D eigenvalue weighted by Gasteiger charge is 2.14. The number of rotatable bonds is 5. The summed E-state index contributed by atoms with van der Waals surface area (Å²) >= 11 is 0. The molecule has 7 heteroatoms. The monoisotopic (exact) mass is 244 g/mol. The first kappa shape index (κ1) is 12.6. The first-order valence-electron chi connectivity index (χ1n) is 4.40. The number of nitrogens with one attached hydrogen (secondary N) is 1. The first-order chi connectivity index (χ1) is 7.42. The van der Waals surface area contributed by atoms with Crippen LogP contribution in [0.25, 0.3) is 0 Å². The van der Waals surface area contributed by atoms with Gasteiger partial charge in [0.2, 0.25) is 5.91 Å². The molecule has 0 saturated heterocycles. The molecule has 0 spiro atoms. The quantitative estimate of drug-likeness (QED) is 0.694. The summed E-state index contributed by atoms with van der Waals surface area (Å²) in [5, 5.41) is 0. The number of sulfonamides is 1. The molecule has 0 bridgehead atoms. The number of hydrogen-bond donors (Lipinski definition) is 2. The van der Waals surface area contributed by atoms with Gasteiger partial charge >= 0.3 is 0 Å². The van der Waals surface area contributed by atoms with E-state index in [0.29, 0.717) is 0 Å². The van der Waals surface area contributed by atoms with Gasteiger partial charge < -0.3 is 5.73 Å². The van der Waals surface area contributed by atoms with Crippen molar-refractivity contribution >= 4 is 15.9 Å². The van der Waals surface area contributed by atoms with Crippen LogP contribution in [0.2, 0.25) is 0 Å². The average molecular weight is 244 g/mol. The summed E-state index contributed by atoms with van der Waals surface area (Å²) in [5.41, 5.74) is 5.59. The molecule has 0 aliphatic rings. The van der Waals surface area contributed by atoms with Crippen LogP contribution in [0.4, 0.5) is 0 Å². The lowest BCUT2D eigenvalue weighted by molar-refractivity contribution is -0.123. The van der Waals surface area contributed by atoms with E-state index in [0.717, 1.165) is 5.56 Å². The molecule has 1 rings (SSSR count). The summed E-state index contributed by atoms with van der Waals surface area (Å²) in [6, 6.07) is 6.28. The minimum atomic E-state index is -3.76. The molecule has 3 N–H and O–H groups in total. The molecule has 0 atom stereocenters. The number of carbonyl (C=O) groups is 1. The molecular formula is C9H12N2O4S. The third kappa shape index (κ3) is 3.61. The Kier molecular flexibility index (Phi) is 3.99. The van der Waals surface area contributed by atoms with Gasteiger partial charge in [0.25, 0.3) is 10.0 Å². The minimum absolute atomic E-state index is 0.0666. The average Bonchev–Trinajstić information content (AvgIpc) is 2.16. The minimum Gasteiger partial charge on any atom is -0.368 e. The molecule has 0 unspecified atom stereocenters. The number of benzene rings is 1. The van der Waals surface area contributed by atoms with Gasteiger partial charge in [-0.2, -0.15) is 0 Å². The predicted octanol–water partition coefficient (Wildman–Crippen LogP) is -0.310. The van der Waals surface area contributed by atoms with Gasteiger partial charge in [0.05, 0.1) is 4.90 Å². The topological polar surface area (TPSA) is 98.5 Å². The highest BCUT2D eigenvalue weighted by molar-refractivity contribution is 7.89. The van der Waals surface area contributed by atoms with Gasteiger partial charge in [-0.1, -0.05) is 17.0 Å². The summed E-state index contributed by atoms with van der Waals surface area (Å²) in [5.74, 6) is -0.757. The molecule has 1 aromatic carbocycles. The van der Waals surface area contributed by atoms with E-state index in [1.54, 1.807) is 23.9 Å². The fourth-order valence-electron chi connectivity index (χ4n) is 1.01. The SMILES string of the molecule is Cc1cccc(S(=O)(=O)NOCC(N)=O)c1. The number of primary amides is 1. The maximum Gasteiger partial charge on any atom is 0.262 e. The zero-order chi connectivity index (χ0) is 12.2. The van der Waals surface area contributed by atoms with Crippen molar-refractivity contribution in [3.63, 3.8) is 0 Å². The van der Waals surface area contributed by atoms with Crippen molar-refractivity contribution in [3.8, 4) is 0 Å². The summed E-state index contributed by atoms with van der Waals surface area (Å²) in [6.45, 7) is 1.26. The maximum absolute atomic E-state index is 11.6. The lowest BCUT2D eigenvalue weighted by Crippen LogP contribution is -2.29. The lowest BCUT2D eigenvalue weighted by Gasteiger charge is -2.06. The van der Waals surface area contributed by atoms with Gasteiger partial charge in [-0.05, 0) is 24.6 Å². The number of nitrogens with two attached hydrogens (primary N) is 1. The van der Waals surface area contributed by atoms with Crippen molar-refractivity contribution in [2.24, 2.45) is 5.73 Å². The zero-order valence-corrected chi connectivity index (χ0v) is 9.45. The van der Waals surface area contributed by atoms with Crippen LogP contribution in [0.5, 0.6) is 0 Å². The van der Waals surface area contributed by atoms with Gasteiger partial charge in [-0.25, -0.2) is 8.42 Å². The molecule has 1 amide bonds. The summed E-state index contributed by atoms with van der Waals surface area (Å²) < 4.78 is 23.2. The molecule has 6 nitrogen and oxygen atoms in total. The van der Waals surface area contributed by atoms with Crippen molar-refractivity contribution in [3.05, 3.63) is 29.8 Å². The summed E-state index contributed by atoms with van der Waals surface area (Å²) in [7, 11) is -3.76. The molecule has 0 saturated carbocycles. The van der Waals surface area contributed by atoms with Crippen LogP contribution in [0.3, 0.4) is 0 Å².